The van der Waals surface area contributed by atoms with Crippen molar-refractivity contribution in [2.24, 2.45) is 7.05 Å². The van der Waals surface area contributed by atoms with E-state index < -0.39 is 10.0 Å². The first-order valence-corrected chi connectivity index (χ1v) is 9.87. The van der Waals surface area contributed by atoms with Crippen molar-refractivity contribution in [3.63, 3.8) is 0 Å². The molecule has 0 amide bonds. The second kappa shape index (κ2) is 6.64. The number of hydrogen-bond donors (Lipinski definition) is 0. The van der Waals surface area contributed by atoms with Gasteiger partial charge in [-0.05, 0) is 26.7 Å². The topological polar surface area (TPSA) is 85.9 Å². The van der Waals surface area contributed by atoms with E-state index in [1.54, 1.807) is 17.4 Å². The third kappa shape index (κ3) is 3.23. The molecule has 0 N–H and O–H groups in total. The van der Waals surface area contributed by atoms with Crippen molar-refractivity contribution >= 4 is 10.0 Å². The van der Waals surface area contributed by atoms with E-state index in [2.05, 4.69) is 15.2 Å². The first-order chi connectivity index (χ1) is 11.4. The van der Waals surface area contributed by atoms with Gasteiger partial charge in [0.25, 0.3) is 0 Å². The smallest absolute Gasteiger partial charge is 0.213 e. The van der Waals surface area contributed by atoms with Gasteiger partial charge in [-0.1, -0.05) is 0 Å². The molecule has 1 atom stereocenters. The molecule has 2 aromatic rings. The normalized spacial score (nSPS) is 19.7. The molecule has 3 heterocycles. The van der Waals surface area contributed by atoms with Gasteiger partial charge in [0, 0.05) is 38.4 Å². The lowest BCUT2D eigenvalue weighted by Crippen LogP contribution is -2.40. The maximum absolute atomic E-state index is 12.1. The second-order valence-corrected chi connectivity index (χ2v) is 8.49. The minimum Gasteiger partial charge on any atom is -0.328 e. The Hall–Kier alpha value is -1.74. The van der Waals surface area contributed by atoms with Gasteiger partial charge in [-0.2, -0.15) is 0 Å². The second-order valence-electron chi connectivity index (χ2n) is 6.23. The van der Waals surface area contributed by atoms with Gasteiger partial charge in [-0.25, -0.2) is 17.7 Å². The summed E-state index contributed by atoms with van der Waals surface area (Å²) in [5.74, 6) is 2.87. The van der Waals surface area contributed by atoms with Gasteiger partial charge in [0.2, 0.25) is 10.0 Å². The van der Waals surface area contributed by atoms with E-state index in [4.69, 9.17) is 0 Å². The molecule has 9 heteroatoms. The highest BCUT2D eigenvalue weighted by atomic mass is 32.2. The summed E-state index contributed by atoms with van der Waals surface area (Å²) in [6.07, 6.45) is 5.47. The summed E-state index contributed by atoms with van der Waals surface area (Å²) >= 11 is 0. The van der Waals surface area contributed by atoms with Crippen molar-refractivity contribution in [3.8, 4) is 0 Å². The molecule has 24 heavy (non-hydrogen) atoms. The van der Waals surface area contributed by atoms with Crippen LogP contribution < -0.4 is 0 Å². The maximum Gasteiger partial charge on any atom is 0.213 e. The standard InChI is InChI=1S/C15H24N6O2S/c1-4-24(22,23)21-8-5-6-13(10-21)15-18-17-14(19(15)3)11-20-9-7-16-12(20)2/h7,9,13H,4-6,8,10-11H2,1-3H3/t13-/m0/s1. The third-order valence-corrected chi connectivity index (χ3v) is 6.59. The zero-order valence-electron chi connectivity index (χ0n) is 14.4. The molecule has 3 rings (SSSR count). The number of aryl methyl sites for hydroxylation is 1. The highest BCUT2D eigenvalue weighted by Gasteiger charge is 2.31. The highest BCUT2D eigenvalue weighted by Crippen LogP contribution is 2.27. The van der Waals surface area contributed by atoms with Crippen LogP contribution >= 0.6 is 0 Å². The van der Waals surface area contributed by atoms with Gasteiger partial charge in [0.1, 0.15) is 11.6 Å². The minimum absolute atomic E-state index is 0.0928. The molecule has 0 bridgehead atoms. The number of piperidine rings is 1. The lowest BCUT2D eigenvalue weighted by atomic mass is 9.99. The number of imidazole rings is 1. The zero-order chi connectivity index (χ0) is 17.3. The van der Waals surface area contributed by atoms with Gasteiger partial charge in [-0.15, -0.1) is 10.2 Å². The molecule has 1 aliphatic rings. The first kappa shape index (κ1) is 17.1. The molecule has 2 aromatic heterocycles. The summed E-state index contributed by atoms with van der Waals surface area (Å²) in [5, 5.41) is 8.66. The van der Waals surface area contributed by atoms with Crippen molar-refractivity contribution in [3.05, 3.63) is 29.9 Å². The van der Waals surface area contributed by atoms with Crippen LogP contribution in [0.25, 0.3) is 0 Å². The van der Waals surface area contributed by atoms with Crippen LogP contribution in [0.3, 0.4) is 0 Å². The average molecular weight is 352 g/mol. The molecule has 0 unspecified atom stereocenters. The molecule has 0 spiro atoms. The van der Waals surface area contributed by atoms with Gasteiger partial charge in [-0.3, -0.25) is 0 Å². The van der Waals surface area contributed by atoms with Gasteiger partial charge in [0.15, 0.2) is 5.82 Å². The number of sulfonamides is 1. The fraction of sp³-hybridized carbons (Fsp3) is 0.667. The number of nitrogens with zero attached hydrogens (tertiary/aromatic N) is 6. The van der Waals surface area contributed by atoms with Crippen LogP contribution in [-0.4, -0.2) is 55.9 Å². The van der Waals surface area contributed by atoms with Crippen molar-refractivity contribution in [1.82, 2.24) is 28.6 Å². The highest BCUT2D eigenvalue weighted by molar-refractivity contribution is 7.89. The lowest BCUT2D eigenvalue weighted by molar-refractivity contribution is 0.306. The van der Waals surface area contributed by atoms with Crippen LogP contribution in [0.1, 0.15) is 43.2 Å². The molecule has 0 saturated carbocycles. The van der Waals surface area contributed by atoms with E-state index in [1.165, 1.54) is 0 Å². The summed E-state index contributed by atoms with van der Waals surface area (Å²) in [5.41, 5.74) is 0. The van der Waals surface area contributed by atoms with Crippen molar-refractivity contribution in [2.75, 3.05) is 18.8 Å². The predicted octanol–water partition coefficient (Wildman–Crippen LogP) is 0.897. The van der Waals surface area contributed by atoms with Crippen LogP contribution in [0.15, 0.2) is 12.4 Å². The Morgan fingerprint density at radius 3 is 2.79 bits per heavy atom. The van der Waals surface area contributed by atoms with E-state index in [0.717, 1.165) is 30.3 Å². The lowest BCUT2D eigenvalue weighted by Gasteiger charge is -2.31. The van der Waals surface area contributed by atoms with Gasteiger partial charge >= 0.3 is 0 Å². The SMILES string of the molecule is CCS(=O)(=O)N1CCC[C@H](c2nnc(Cn3ccnc3C)n2C)C1. The molecule has 1 saturated heterocycles. The number of rotatable bonds is 5. The van der Waals surface area contributed by atoms with Crippen LogP contribution in [-0.2, 0) is 23.6 Å². The van der Waals surface area contributed by atoms with E-state index >= 15 is 0 Å². The quantitative estimate of drug-likeness (QED) is 0.798. The summed E-state index contributed by atoms with van der Waals surface area (Å²) in [7, 11) is -1.20. The summed E-state index contributed by atoms with van der Waals surface area (Å²) in [4.78, 5) is 4.22. The molecule has 1 fully saturated rings. The zero-order valence-corrected chi connectivity index (χ0v) is 15.2. The van der Waals surface area contributed by atoms with Crippen molar-refractivity contribution in [1.29, 1.82) is 0 Å². The van der Waals surface area contributed by atoms with E-state index in [0.29, 0.717) is 19.6 Å². The molecule has 0 aliphatic carbocycles. The molecular weight excluding hydrogens is 328 g/mol. The van der Waals surface area contributed by atoms with Gasteiger partial charge < -0.3 is 9.13 Å². The maximum atomic E-state index is 12.1. The van der Waals surface area contributed by atoms with Crippen LogP contribution in [0.5, 0.6) is 0 Å². The average Bonchev–Trinajstić information content (AvgIpc) is 3.15. The van der Waals surface area contributed by atoms with E-state index in [-0.39, 0.29) is 11.7 Å². The summed E-state index contributed by atoms with van der Waals surface area (Å²) < 4.78 is 29.9. The van der Waals surface area contributed by atoms with E-state index in [1.807, 2.05) is 29.3 Å². The Bertz CT molecular complexity index is 810. The Balaban J connectivity index is 1.79. The molecule has 1 aliphatic heterocycles. The number of aromatic nitrogens is 5. The van der Waals surface area contributed by atoms with Gasteiger partial charge in [0.05, 0.1) is 12.3 Å². The monoisotopic (exact) mass is 352 g/mol. The largest absolute Gasteiger partial charge is 0.328 e. The Morgan fingerprint density at radius 1 is 1.33 bits per heavy atom. The summed E-state index contributed by atoms with van der Waals surface area (Å²) in [6.45, 7) is 5.34. The van der Waals surface area contributed by atoms with Crippen LogP contribution in [0.2, 0.25) is 0 Å². The third-order valence-electron chi connectivity index (χ3n) is 4.74. The molecule has 8 nitrogen and oxygen atoms in total. The fourth-order valence-corrected chi connectivity index (χ4v) is 4.36. The van der Waals surface area contributed by atoms with Crippen molar-refractivity contribution < 1.29 is 8.42 Å². The Kier molecular flexibility index (Phi) is 4.73. The Labute approximate surface area is 142 Å². The molecule has 0 aromatic carbocycles. The predicted molar refractivity (Wildman–Crippen MR) is 90.1 cm³/mol. The summed E-state index contributed by atoms with van der Waals surface area (Å²) in [6, 6.07) is 0. The molecular formula is C15H24N6O2S. The molecule has 0 radical (unpaired) electrons. The van der Waals surface area contributed by atoms with Crippen molar-refractivity contribution in [2.45, 2.75) is 39.2 Å². The fourth-order valence-electron chi connectivity index (χ4n) is 3.18. The minimum atomic E-state index is -3.15. The first-order valence-electron chi connectivity index (χ1n) is 8.26. The Morgan fingerprint density at radius 2 is 2.12 bits per heavy atom. The number of hydrogen-bond acceptors (Lipinski definition) is 5. The van der Waals surface area contributed by atoms with E-state index in [9.17, 15) is 8.42 Å². The molecule has 132 valence electrons. The van der Waals surface area contributed by atoms with Crippen LogP contribution in [0, 0.1) is 6.92 Å². The van der Waals surface area contributed by atoms with Crippen LogP contribution in [0.4, 0.5) is 0 Å².